The molecule has 0 saturated carbocycles. The molecule has 0 spiro atoms. The van der Waals surface area contributed by atoms with Crippen molar-refractivity contribution in [1.82, 2.24) is 0 Å². The fourth-order valence-corrected chi connectivity index (χ4v) is 1.82. The molecular formula is C18H28O3. The maximum absolute atomic E-state index is 12.3. The van der Waals surface area contributed by atoms with E-state index in [2.05, 4.69) is 34.6 Å². The number of rotatable bonds is 5. The lowest BCUT2D eigenvalue weighted by Gasteiger charge is -2.21. The zero-order chi connectivity index (χ0) is 16.2. The second-order valence-electron chi connectivity index (χ2n) is 7.12. The second kappa shape index (κ2) is 6.97. The van der Waals surface area contributed by atoms with Gasteiger partial charge in [-0.2, -0.15) is 0 Å². The van der Waals surface area contributed by atoms with Gasteiger partial charge in [-0.3, -0.25) is 0 Å². The Kier molecular flexibility index (Phi) is 5.82. The average molecular weight is 292 g/mol. The van der Waals surface area contributed by atoms with Gasteiger partial charge in [0.25, 0.3) is 0 Å². The van der Waals surface area contributed by atoms with Crippen molar-refractivity contribution >= 4 is 5.97 Å². The van der Waals surface area contributed by atoms with Crippen LogP contribution in [-0.4, -0.2) is 18.7 Å². The lowest BCUT2D eigenvalue weighted by Crippen LogP contribution is -2.17. The van der Waals surface area contributed by atoms with Crippen LogP contribution in [0, 0.1) is 5.92 Å². The average Bonchev–Trinajstić information content (AvgIpc) is 2.34. The van der Waals surface area contributed by atoms with Gasteiger partial charge in [-0.15, -0.1) is 0 Å². The van der Waals surface area contributed by atoms with Crippen LogP contribution in [-0.2, 0) is 10.2 Å². The highest BCUT2D eigenvalue weighted by molar-refractivity contribution is 5.93. The first kappa shape index (κ1) is 17.5. The molecule has 0 radical (unpaired) electrons. The van der Waals surface area contributed by atoms with Crippen LogP contribution < -0.4 is 4.74 Å². The molecule has 118 valence electrons. The first-order chi connectivity index (χ1) is 9.61. The van der Waals surface area contributed by atoms with Crippen molar-refractivity contribution in [1.29, 1.82) is 0 Å². The van der Waals surface area contributed by atoms with Gasteiger partial charge in [-0.1, -0.05) is 40.7 Å². The first-order valence-corrected chi connectivity index (χ1v) is 7.59. The molecule has 0 atom stereocenters. The van der Waals surface area contributed by atoms with Gasteiger partial charge in [-0.25, -0.2) is 4.79 Å². The summed E-state index contributed by atoms with van der Waals surface area (Å²) in [4.78, 5) is 12.3. The molecule has 1 aromatic rings. The van der Waals surface area contributed by atoms with E-state index in [1.54, 1.807) is 0 Å². The van der Waals surface area contributed by atoms with Gasteiger partial charge in [0.2, 0.25) is 0 Å². The fraction of sp³-hybridized carbons (Fsp3) is 0.611. The molecule has 1 aromatic carbocycles. The molecule has 0 aliphatic carbocycles. The minimum absolute atomic E-state index is 0.0244. The van der Waals surface area contributed by atoms with Gasteiger partial charge < -0.3 is 9.47 Å². The molecule has 0 unspecified atom stereocenters. The van der Waals surface area contributed by atoms with Crippen LogP contribution in [0.4, 0.5) is 0 Å². The van der Waals surface area contributed by atoms with Crippen LogP contribution in [0.5, 0.6) is 5.75 Å². The number of benzene rings is 1. The van der Waals surface area contributed by atoms with Crippen LogP contribution in [0.3, 0.4) is 0 Å². The molecule has 0 saturated heterocycles. The quantitative estimate of drug-likeness (QED) is 0.745. The molecule has 0 amide bonds. The van der Waals surface area contributed by atoms with Crippen molar-refractivity contribution in [3.05, 3.63) is 29.3 Å². The Bertz CT molecular complexity index is 482. The van der Waals surface area contributed by atoms with Crippen molar-refractivity contribution in [2.75, 3.05) is 6.61 Å². The Hall–Kier alpha value is -1.51. The van der Waals surface area contributed by atoms with Gasteiger partial charge in [0.15, 0.2) is 0 Å². The molecule has 0 aliphatic heterocycles. The van der Waals surface area contributed by atoms with Crippen LogP contribution in [0.25, 0.3) is 0 Å². The van der Waals surface area contributed by atoms with Crippen LogP contribution in [0.15, 0.2) is 18.2 Å². The minimum atomic E-state index is -0.324. The van der Waals surface area contributed by atoms with E-state index in [0.717, 1.165) is 5.56 Å². The highest BCUT2D eigenvalue weighted by Gasteiger charge is 2.21. The minimum Gasteiger partial charge on any atom is -0.492 e. The van der Waals surface area contributed by atoms with Gasteiger partial charge in [0.1, 0.15) is 11.3 Å². The maximum atomic E-state index is 12.3. The summed E-state index contributed by atoms with van der Waals surface area (Å²) >= 11 is 0. The van der Waals surface area contributed by atoms with E-state index < -0.39 is 0 Å². The van der Waals surface area contributed by atoms with E-state index in [-0.39, 0.29) is 17.5 Å². The zero-order valence-electron chi connectivity index (χ0n) is 14.3. The lowest BCUT2D eigenvalue weighted by atomic mass is 9.86. The highest BCUT2D eigenvalue weighted by atomic mass is 16.5. The summed E-state index contributed by atoms with van der Waals surface area (Å²) in [6, 6.07) is 5.78. The van der Waals surface area contributed by atoms with Crippen molar-refractivity contribution in [3.8, 4) is 5.75 Å². The largest absolute Gasteiger partial charge is 0.492 e. The second-order valence-corrected chi connectivity index (χ2v) is 7.12. The van der Waals surface area contributed by atoms with Crippen molar-refractivity contribution in [2.24, 2.45) is 5.92 Å². The van der Waals surface area contributed by atoms with E-state index in [9.17, 15) is 4.79 Å². The van der Waals surface area contributed by atoms with Gasteiger partial charge >= 0.3 is 5.97 Å². The molecule has 0 aromatic heterocycles. The molecule has 0 N–H and O–H groups in total. The number of ether oxygens (including phenoxy) is 2. The van der Waals surface area contributed by atoms with E-state index in [0.29, 0.717) is 23.8 Å². The summed E-state index contributed by atoms with van der Waals surface area (Å²) in [6.45, 7) is 14.8. The topological polar surface area (TPSA) is 35.5 Å². The third kappa shape index (κ3) is 5.41. The predicted molar refractivity (Wildman–Crippen MR) is 86.0 cm³/mol. The molecule has 0 bridgehead atoms. The molecular weight excluding hydrogens is 264 g/mol. The Labute approximate surface area is 128 Å². The van der Waals surface area contributed by atoms with E-state index in [1.165, 1.54) is 0 Å². The number of hydrogen-bond donors (Lipinski definition) is 0. The summed E-state index contributed by atoms with van der Waals surface area (Å²) in [5.41, 5.74) is 1.58. The lowest BCUT2D eigenvalue weighted by molar-refractivity contribution is 0.0372. The van der Waals surface area contributed by atoms with Crippen molar-refractivity contribution < 1.29 is 14.3 Å². The highest BCUT2D eigenvalue weighted by Crippen LogP contribution is 2.29. The van der Waals surface area contributed by atoms with Gasteiger partial charge in [0.05, 0.1) is 12.7 Å². The predicted octanol–water partition coefficient (Wildman–Crippen LogP) is 4.58. The van der Waals surface area contributed by atoms with Crippen LogP contribution in [0.1, 0.15) is 64.4 Å². The van der Waals surface area contributed by atoms with Gasteiger partial charge in [-0.05, 0) is 42.9 Å². The van der Waals surface area contributed by atoms with E-state index in [1.807, 2.05) is 32.0 Å². The smallest absolute Gasteiger partial charge is 0.342 e. The molecule has 21 heavy (non-hydrogen) atoms. The summed E-state index contributed by atoms with van der Waals surface area (Å²) in [6.07, 6.45) is -0.145. The third-order valence-electron chi connectivity index (χ3n) is 2.98. The fourth-order valence-electron chi connectivity index (χ4n) is 1.82. The number of carbonyl (C=O) groups is 1. The van der Waals surface area contributed by atoms with Crippen molar-refractivity contribution in [2.45, 2.75) is 60.0 Å². The standard InChI is InChI=1S/C18H28O3/c1-12(2)11-20-16-9-8-14(18(5,6)7)10-15(16)17(19)21-13(3)4/h8-10,12-13H,11H2,1-7H3. The van der Waals surface area contributed by atoms with Crippen LogP contribution in [0.2, 0.25) is 0 Å². The summed E-state index contributed by atoms with van der Waals surface area (Å²) in [5, 5.41) is 0. The number of carbonyl (C=O) groups excluding carboxylic acids is 1. The Balaban J connectivity index is 3.15. The summed E-state index contributed by atoms with van der Waals surface area (Å²) in [5.74, 6) is 0.679. The van der Waals surface area contributed by atoms with Crippen LogP contribution >= 0.6 is 0 Å². The molecule has 3 nitrogen and oxygen atoms in total. The zero-order valence-corrected chi connectivity index (χ0v) is 14.3. The van der Waals surface area contributed by atoms with E-state index >= 15 is 0 Å². The number of hydrogen-bond acceptors (Lipinski definition) is 3. The summed E-state index contributed by atoms with van der Waals surface area (Å²) < 4.78 is 11.1. The third-order valence-corrected chi connectivity index (χ3v) is 2.98. The molecule has 0 heterocycles. The Morgan fingerprint density at radius 3 is 2.24 bits per heavy atom. The molecule has 0 aliphatic rings. The van der Waals surface area contributed by atoms with Gasteiger partial charge in [0, 0.05) is 0 Å². The number of esters is 1. The molecule has 1 rings (SSSR count). The SMILES string of the molecule is CC(C)COc1ccc(C(C)(C)C)cc1C(=O)OC(C)C. The Morgan fingerprint density at radius 1 is 1.14 bits per heavy atom. The van der Waals surface area contributed by atoms with E-state index in [4.69, 9.17) is 9.47 Å². The molecule has 0 fully saturated rings. The summed E-state index contributed by atoms with van der Waals surface area (Å²) in [7, 11) is 0. The first-order valence-electron chi connectivity index (χ1n) is 7.59. The van der Waals surface area contributed by atoms with Crippen molar-refractivity contribution in [3.63, 3.8) is 0 Å². The monoisotopic (exact) mass is 292 g/mol. The Morgan fingerprint density at radius 2 is 1.76 bits per heavy atom. The maximum Gasteiger partial charge on any atom is 0.342 e. The normalized spacial score (nSPS) is 11.9. The molecule has 3 heteroatoms.